The molecule has 0 aromatic carbocycles. The highest BCUT2D eigenvalue weighted by Crippen LogP contribution is 2.34. The van der Waals surface area contributed by atoms with Crippen LogP contribution in [0.1, 0.15) is 103 Å². The van der Waals surface area contributed by atoms with E-state index in [-0.39, 0.29) is 0 Å². The summed E-state index contributed by atoms with van der Waals surface area (Å²) in [6.45, 7) is 2.37. The SMILES string of the molecule is CCC1CCCC(CCCCCCC2CCCC(C=O)C2)C1. The van der Waals surface area contributed by atoms with E-state index in [0.29, 0.717) is 5.92 Å². The Bertz CT molecular complexity index is 298. The number of hydrogen-bond donors (Lipinski definition) is 0. The molecule has 2 saturated carbocycles. The van der Waals surface area contributed by atoms with Gasteiger partial charge in [0.25, 0.3) is 0 Å². The summed E-state index contributed by atoms with van der Waals surface area (Å²) in [7, 11) is 0. The van der Waals surface area contributed by atoms with Crippen LogP contribution in [-0.4, -0.2) is 6.29 Å². The first kappa shape index (κ1) is 18.0. The first-order valence-electron chi connectivity index (χ1n) is 10.3. The summed E-state index contributed by atoms with van der Waals surface area (Å²) in [6, 6.07) is 0. The Morgan fingerprint density at radius 3 is 2.00 bits per heavy atom. The fourth-order valence-electron chi connectivity index (χ4n) is 4.97. The molecule has 0 radical (unpaired) electrons. The number of unbranched alkanes of at least 4 members (excludes halogenated alkanes) is 3. The summed E-state index contributed by atoms with van der Waals surface area (Å²) in [5, 5.41) is 0. The molecule has 0 heterocycles. The van der Waals surface area contributed by atoms with Crippen LogP contribution in [-0.2, 0) is 4.79 Å². The van der Waals surface area contributed by atoms with Crippen LogP contribution in [0.5, 0.6) is 0 Å². The van der Waals surface area contributed by atoms with Crippen molar-refractivity contribution in [3.05, 3.63) is 0 Å². The lowest BCUT2D eigenvalue weighted by Gasteiger charge is -2.28. The van der Waals surface area contributed by atoms with Crippen molar-refractivity contribution >= 4 is 6.29 Å². The molecule has 2 fully saturated rings. The van der Waals surface area contributed by atoms with Gasteiger partial charge >= 0.3 is 0 Å². The molecule has 0 aliphatic heterocycles. The molecular weight excluding hydrogens is 268 g/mol. The normalized spacial score (nSPS) is 32.8. The molecule has 0 bridgehead atoms. The second-order valence-electron chi connectivity index (χ2n) is 8.23. The molecular formula is C21H38O. The summed E-state index contributed by atoms with van der Waals surface area (Å²) >= 11 is 0. The van der Waals surface area contributed by atoms with E-state index in [2.05, 4.69) is 6.92 Å². The van der Waals surface area contributed by atoms with Crippen molar-refractivity contribution in [3.63, 3.8) is 0 Å². The first-order chi connectivity index (χ1) is 10.8. The number of carbonyl (C=O) groups is 1. The second kappa shape index (κ2) is 10.4. The van der Waals surface area contributed by atoms with Crippen LogP contribution < -0.4 is 0 Å². The zero-order chi connectivity index (χ0) is 15.6. The Morgan fingerprint density at radius 2 is 1.36 bits per heavy atom. The predicted octanol–water partition coefficient (Wildman–Crippen LogP) is 6.55. The van der Waals surface area contributed by atoms with Crippen LogP contribution in [0, 0.1) is 23.7 Å². The molecule has 4 atom stereocenters. The van der Waals surface area contributed by atoms with Gasteiger partial charge in [-0.15, -0.1) is 0 Å². The van der Waals surface area contributed by atoms with Gasteiger partial charge in [-0.3, -0.25) is 0 Å². The molecule has 2 aliphatic rings. The van der Waals surface area contributed by atoms with Crippen molar-refractivity contribution in [2.24, 2.45) is 23.7 Å². The Balaban J connectivity index is 1.46. The Labute approximate surface area is 138 Å². The summed E-state index contributed by atoms with van der Waals surface area (Å²) in [5.41, 5.74) is 0. The highest BCUT2D eigenvalue weighted by Gasteiger charge is 2.21. The number of carbonyl (C=O) groups excluding carboxylic acids is 1. The largest absolute Gasteiger partial charge is 0.303 e. The maximum atomic E-state index is 10.9. The van der Waals surface area contributed by atoms with E-state index in [4.69, 9.17) is 0 Å². The van der Waals surface area contributed by atoms with Crippen molar-refractivity contribution in [2.75, 3.05) is 0 Å². The van der Waals surface area contributed by atoms with Gasteiger partial charge in [0.15, 0.2) is 0 Å². The standard InChI is InChI=1S/C21H38O/c1-2-18-11-7-12-19(15-18)9-5-3-4-6-10-20-13-8-14-21(16-20)17-22/h17-21H,2-16H2,1H3. The molecule has 0 amide bonds. The average molecular weight is 307 g/mol. The van der Waals surface area contributed by atoms with Crippen LogP contribution in [0.4, 0.5) is 0 Å². The lowest BCUT2D eigenvalue weighted by Crippen LogP contribution is -2.16. The average Bonchev–Trinajstić information content (AvgIpc) is 2.58. The fourth-order valence-corrected chi connectivity index (χ4v) is 4.97. The third kappa shape index (κ3) is 6.42. The summed E-state index contributed by atoms with van der Waals surface area (Å²) in [6.07, 6.45) is 22.2. The van der Waals surface area contributed by atoms with E-state index < -0.39 is 0 Å². The van der Waals surface area contributed by atoms with E-state index in [9.17, 15) is 4.79 Å². The minimum Gasteiger partial charge on any atom is -0.303 e. The maximum Gasteiger partial charge on any atom is 0.123 e. The van der Waals surface area contributed by atoms with Gasteiger partial charge in [0.05, 0.1) is 0 Å². The van der Waals surface area contributed by atoms with E-state index in [0.717, 1.165) is 24.2 Å². The zero-order valence-electron chi connectivity index (χ0n) is 14.9. The topological polar surface area (TPSA) is 17.1 Å². The highest BCUT2D eigenvalue weighted by atomic mass is 16.1. The van der Waals surface area contributed by atoms with Gasteiger partial charge in [-0.25, -0.2) is 0 Å². The van der Waals surface area contributed by atoms with Crippen molar-refractivity contribution < 1.29 is 4.79 Å². The van der Waals surface area contributed by atoms with Gasteiger partial charge in [0.1, 0.15) is 6.29 Å². The lowest BCUT2D eigenvalue weighted by molar-refractivity contribution is -0.112. The van der Waals surface area contributed by atoms with E-state index in [1.807, 2.05) is 0 Å². The number of aldehydes is 1. The molecule has 1 nitrogen and oxygen atoms in total. The zero-order valence-corrected chi connectivity index (χ0v) is 14.9. The van der Waals surface area contributed by atoms with Gasteiger partial charge in [-0.05, 0) is 37.0 Å². The fraction of sp³-hybridized carbons (Fsp3) is 0.952. The van der Waals surface area contributed by atoms with Gasteiger partial charge in [-0.2, -0.15) is 0 Å². The van der Waals surface area contributed by atoms with Gasteiger partial charge in [-0.1, -0.05) is 84.0 Å². The summed E-state index contributed by atoms with van der Waals surface area (Å²) < 4.78 is 0. The Hall–Kier alpha value is -0.330. The number of hydrogen-bond acceptors (Lipinski definition) is 1. The van der Waals surface area contributed by atoms with Crippen LogP contribution >= 0.6 is 0 Å². The van der Waals surface area contributed by atoms with Gasteiger partial charge < -0.3 is 4.79 Å². The molecule has 4 unspecified atom stereocenters. The molecule has 0 spiro atoms. The highest BCUT2D eigenvalue weighted by molar-refractivity contribution is 5.53. The lowest BCUT2D eigenvalue weighted by atomic mass is 9.78. The van der Waals surface area contributed by atoms with Crippen molar-refractivity contribution in [2.45, 2.75) is 103 Å². The van der Waals surface area contributed by atoms with Crippen LogP contribution in [0.2, 0.25) is 0 Å². The molecule has 1 heteroatoms. The van der Waals surface area contributed by atoms with Gasteiger partial charge in [0, 0.05) is 5.92 Å². The molecule has 2 rings (SSSR count). The minimum absolute atomic E-state index is 0.386. The number of rotatable bonds is 9. The molecule has 0 aromatic rings. The Kier molecular flexibility index (Phi) is 8.55. The Morgan fingerprint density at radius 1 is 0.773 bits per heavy atom. The van der Waals surface area contributed by atoms with Gasteiger partial charge in [0.2, 0.25) is 0 Å². The third-order valence-corrected chi connectivity index (χ3v) is 6.46. The summed E-state index contributed by atoms with van der Waals surface area (Å²) in [5.74, 6) is 3.32. The third-order valence-electron chi connectivity index (χ3n) is 6.46. The van der Waals surface area contributed by atoms with Crippen LogP contribution in [0.25, 0.3) is 0 Å². The molecule has 0 saturated heterocycles. The molecule has 0 aromatic heterocycles. The molecule has 128 valence electrons. The van der Waals surface area contributed by atoms with E-state index in [1.54, 1.807) is 0 Å². The molecule has 22 heavy (non-hydrogen) atoms. The monoisotopic (exact) mass is 306 g/mol. The van der Waals surface area contributed by atoms with E-state index >= 15 is 0 Å². The van der Waals surface area contributed by atoms with Crippen molar-refractivity contribution in [3.8, 4) is 0 Å². The molecule has 0 N–H and O–H groups in total. The van der Waals surface area contributed by atoms with E-state index in [1.165, 1.54) is 96.2 Å². The van der Waals surface area contributed by atoms with Crippen molar-refractivity contribution in [1.82, 2.24) is 0 Å². The quantitative estimate of drug-likeness (QED) is 0.349. The minimum atomic E-state index is 0.386. The smallest absolute Gasteiger partial charge is 0.123 e. The second-order valence-corrected chi connectivity index (χ2v) is 8.23. The predicted molar refractivity (Wildman–Crippen MR) is 95.0 cm³/mol. The molecule has 2 aliphatic carbocycles. The summed E-state index contributed by atoms with van der Waals surface area (Å²) in [4.78, 5) is 10.9. The maximum absolute atomic E-state index is 10.9. The van der Waals surface area contributed by atoms with Crippen molar-refractivity contribution in [1.29, 1.82) is 0 Å². The van der Waals surface area contributed by atoms with Crippen LogP contribution in [0.15, 0.2) is 0 Å². The van der Waals surface area contributed by atoms with Crippen LogP contribution in [0.3, 0.4) is 0 Å². The first-order valence-corrected chi connectivity index (χ1v) is 10.3.